The van der Waals surface area contributed by atoms with Crippen LogP contribution >= 0.6 is 11.6 Å². The van der Waals surface area contributed by atoms with Crippen molar-refractivity contribution in [3.63, 3.8) is 0 Å². The Kier molecular flexibility index (Phi) is 5.45. The van der Waals surface area contributed by atoms with Crippen LogP contribution in [0.4, 0.5) is 5.69 Å². The number of nitrogens with zero attached hydrogens (tertiary/aromatic N) is 1. The Morgan fingerprint density at radius 3 is 2.60 bits per heavy atom. The number of benzene rings is 1. The molecule has 0 bridgehead atoms. The first-order chi connectivity index (χ1) is 9.32. The van der Waals surface area contributed by atoms with Crippen LogP contribution in [0.15, 0.2) is 18.2 Å². The molecule has 20 heavy (non-hydrogen) atoms. The minimum atomic E-state index is -0.731. The molecule has 0 aliphatic rings. The Hall–Kier alpha value is -2.15. The molecule has 7 nitrogen and oxygen atoms in total. The molecule has 0 saturated carbocycles. The van der Waals surface area contributed by atoms with E-state index in [1.54, 1.807) is 13.8 Å². The summed E-state index contributed by atoms with van der Waals surface area (Å²) < 4.78 is 0. The number of carbonyl (C=O) groups is 2. The Balaban J connectivity index is 2.81. The fourth-order valence-corrected chi connectivity index (χ4v) is 1.76. The summed E-state index contributed by atoms with van der Waals surface area (Å²) in [5, 5.41) is 15.7. The van der Waals surface area contributed by atoms with Crippen molar-refractivity contribution in [2.24, 2.45) is 0 Å². The summed E-state index contributed by atoms with van der Waals surface area (Å²) in [6.07, 6.45) is 0. The van der Waals surface area contributed by atoms with E-state index >= 15 is 0 Å². The van der Waals surface area contributed by atoms with E-state index < -0.39 is 16.5 Å². The SMILES string of the molecule is CC(C)NC(=O)CNC(=O)c1cccc(Cl)c1[N+](=O)[O-]. The number of halogens is 1. The van der Waals surface area contributed by atoms with Gasteiger partial charge in [-0.2, -0.15) is 0 Å². The van der Waals surface area contributed by atoms with Crippen LogP contribution in [0.3, 0.4) is 0 Å². The van der Waals surface area contributed by atoms with E-state index in [0.29, 0.717) is 0 Å². The standard InChI is InChI=1S/C12H14ClN3O4/c1-7(2)15-10(17)6-14-12(18)8-4-3-5-9(13)11(8)16(19)20/h3-5,7H,6H2,1-2H3,(H,14,18)(H,15,17). The highest BCUT2D eigenvalue weighted by Crippen LogP contribution is 2.27. The Morgan fingerprint density at radius 2 is 2.05 bits per heavy atom. The van der Waals surface area contributed by atoms with Gasteiger partial charge in [0.2, 0.25) is 5.91 Å². The van der Waals surface area contributed by atoms with E-state index in [9.17, 15) is 19.7 Å². The lowest BCUT2D eigenvalue weighted by atomic mass is 10.1. The summed E-state index contributed by atoms with van der Waals surface area (Å²) in [5.41, 5.74) is -0.657. The second-order valence-corrected chi connectivity index (χ2v) is 4.71. The molecule has 2 N–H and O–H groups in total. The van der Waals surface area contributed by atoms with Gasteiger partial charge in [0.1, 0.15) is 10.6 Å². The molecule has 0 aliphatic carbocycles. The highest BCUT2D eigenvalue weighted by atomic mass is 35.5. The third kappa shape index (κ3) is 4.20. The molecule has 1 aromatic carbocycles. The summed E-state index contributed by atoms with van der Waals surface area (Å²) in [7, 11) is 0. The molecule has 0 fully saturated rings. The molecule has 0 atom stereocenters. The van der Waals surface area contributed by atoms with E-state index in [2.05, 4.69) is 10.6 Å². The van der Waals surface area contributed by atoms with Gasteiger partial charge in [0.25, 0.3) is 5.91 Å². The van der Waals surface area contributed by atoms with Crippen molar-refractivity contribution in [1.82, 2.24) is 10.6 Å². The first kappa shape index (κ1) is 15.9. The second kappa shape index (κ2) is 6.85. The lowest BCUT2D eigenvalue weighted by molar-refractivity contribution is -0.385. The molecular weight excluding hydrogens is 286 g/mol. The highest BCUT2D eigenvalue weighted by molar-refractivity contribution is 6.33. The van der Waals surface area contributed by atoms with Crippen LogP contribution in [-0.2, 0) is 4.79 Å². The van der Waals surface area contributed by atoms with Crippen LogP contribution in [0.1, 0.15) is 24.2 Å². The monoisotopic (exact) mass is 299 g/mol. The minimum absolute atomic E-state index is 0.0556. The van der Waals surface area contributed by atoms with Gasteiger partial charge in [-0.1, -0.05) is 17.7 Å². The molecular formula is C12H14ClN3O4. The molecule has 1 rings (SSSR count). The van der Waals surface area contributed by atoms with Crippen molar-refractivity contribution in [3.8, 4) is 0 Å². The van der Waals surface area contributed by atoms with E-state index in [4.69, 9.17) is 11.6 Å². The fraction of sp³-hybridized carbons (Fsp3) is 0.333. The van der Waals surface area contributed by atoms with Crippen LogP contribution < -0.4 is 10.6 Å². The van der Waals surface area contributed by atoms with Crippen LogP contribution in [0.5, 0.6) is 0 Å². The maximum absolute atomic E-state index is 11.9. The fourth-order valence-electron chi connectivity index (χ4n) is 1.51. The predicted octanol–water partition coefficient (Wildman–Crippen LogP) is 1.50. The van der Waals surface area contributed by atoms with Crippen molar-refractivity contribution in [2.45, 2.75) is 19.9 Å². The Bertz CT molecular complexity index is 546. The van der Waals surface area contributed by atoms with Crippen molar-refractivity contribution < 1.29 is 14.5 Å². The smallest absolute Gasteiger partial charge is 0.300 e. The zero-order valence-electron chi connectivity index (χ0n) is 11.0. The highest BCUT2D eigenvalue weighted by Gasteiger charge is 2.23. The summed E-state index contributed by atoms with van der Waals surface area (Å²) in [6, 6.07) is 3.97. The Morgan fingerprint density at radius 1 is 1.40 bits per heavy atom. The first-order valence-corrected chi connectivity index (χ1v) is 6.21. The van der Waals surface area contributed by atoms with Crippen molar-refractivity contribution >= 4 is 29.1 Å². The Labute approximate surface area is 120 Å². The van der Waals surface area contributed by atoms with E-state index in [1.807, 2.05) is 0 Å². The molecule has 0 saturated heterocycles. The average Bonchev–Trinajstić information content (AvgIpc) is 2.34. The van der Waals surface area contributed by atoms with Gasteiger partial charge in [-0.15, -0.1) is 0 Å². The number of para-hydroxylation sites is 1. The second-order valence-electron chi connectivity index (χ2n) is 4.30. The number of hydrogen-bond donors (Lipinski definition) is 2. The largest absolute Gasteiger partial charge is 0.352 e. The summed E-state index contributed by atoms with van der Waals surface area (Å²) in [5.74, 6) is -1.10. The normalized spacial score (nSPS) is 10.2. The third-order valence-corrected chi connectivity index (χ3v) is 2.58. The van der Waals surface area contributed by atoms with Crippen molar-refractivity contribution in [2.75, 3.05) is 6.54 Å². The molecule has 108 valence electrons. The summed E-state index contributed by atoms with van der Waals surface area (Å²) in [4.78, 5) is 33.4. The van der Waals surface area contributed by atoms with E-state index in [0.717, 1.165) is 0 Å². The lowest BCUT2D eigenvalue weighted by Crippen LogP contribution is -2.39. The van der Waals surface area contributed by atoms with Crippen LogP contribution in [0, 0.1) is 10.1 Å². The van der Waals surface area contributed by atoms with Gasteiger partial charge in [-0.3, -0.25) is 19.7 Å². The van der Waals surface area contributed by atoms with E-state index in [-0.39, 0.29) is 29.1 Å². The maximum atomic E-state index is 11.9. The molecule has 2 amide bonds. The predicted molar refractivity (Wildman–Crippen MR) is 73.7 cm³/mol. The molecule has 1 aromatic rings. The van der Waals surface area contributed by atoms with Crippen molar-refractivity contribution in [3.05, 3.63) is 38.9 Å². The number of carbonyl (C=O) groups excluding carboxylic acids is 2. The van der Waals surface area contributed by atoms with Gasteiger partial charge < -0.3 is 10.6 Å². The average molecular weight is 300 g/mol. The molecule has 8 heteroatoms. The molecule has 0 aliphatic heterocycles. The van der Waals surface area contributed by atoms with Gasteiger partial charge in [-0.05, 0) is 26.0 Å². The minimum Gasteiger partial charge on any atom is -0.352 e. The zero-order chi connectivity index (χ0) is 15.3. The molecule has 0 radical (unpaired) electrons. The zero-order valence-corrected chi connectivity index (χ0v) is 11.7. The van der Waals surface area contributed by atoms with Crippen LogP contribution in [-0.4, -0.2) is 29.3 Å². The topological polar surface area (TPSA) is 101 Å². The maximum Gasteiger partial charge on any atom is 0.300 e. The first-order valence-electron chi connectivity index (χ1n) is 5.83. The van der Waals surface area contributed by atoms with Gasteiger partial charge in [0, 0.05) is 6.04 Å². The number of nitro benzene ring substituents is 1. The van der Waals surface area contributed by atoms with Gasteiger partial charge >= 0.3 is 5.69 Å². The quantitative estimate of drug-likeness (QED) is 0.635. The van der Waals surface area contributed by atoms with Crippen molar-refractivity contribution in [1.29, 1.82) is 0 Å². The number of hydrogen-bond acceptors (Lipinski definition) is 4. The number of amides is 2. The van der Waals surface area contributed by atoms with Gasteiger partial charge in [0.15, 0.2) is 0 Å². The van der Waals surface area contributed by atoms with E-state index in [1.165, 1.54) is 18.2 Å². The van der Waals surface area contributed by atoms with Crippen LogP contribution in [0.25, 0.3) is 0 Å². The van der Waals surface area contributed by atoms with Crippen LogP contribution in [0.2, 0.25) is 5.02 Å². The van der Waals surface area contributed by atoms with Gasteiger partial charge in [0.05, 0.1) is 11.5 Å². The van der Waals surface area contributed by atoms with Gasteiger partial charge in [-0.25, -0.2) is 0 Å². The number of nitro groups is 1. The number of nitrogens with one attached hydrogen (secondary N) is 2. The molecule has 0 heterocycles. The third-order valence-electron chi connectivity index (χ3n) is 2.27. The summed E-state index contributed by atoms with van der Waals surface area (Å²) >= 11 is 5.70. The molecule has 0 unspecified atom stereocenters. The molecule has 0 aromatic heterocycles. The lowest BCUT2D eigenvalue weighted by Gasteiger charge is -2.09. The summed E-state index contributed by atoms with van der Waals surface area (Å²) in [6.45, 7) is 3.30. The molecule has 0 spiro atoms. The number of rotatable bonds is 5.